The van der Waals surface area contributed by atoms with Gasteiger partial charge in [-0.2, -0.15) is 0 Å². The fourth-order valence-electron chi connectivity index (χ4n) is 1.82. The number of carbonyl (C=O) groups is 1. The maximum atomic E-state index is 12.3. The third-order valence-electron chi connectivity index (χ3n) is 2.89. The maximum Gasteiger partial charge on any atom is 0.251 e. The molecular formula is C14H20BrNO5. The Hall–Kier alpha value is -1.31. The van der Waals surface area contributed by atoms with E-state index in [0.29, 0.717) is 34.6 Å². The Kier molecular flexibility index (Phi) is 7.49. The summed E-state index contributed by atoms with van der Waals surface area (Å²) in [6.45, 7) is 0.304. The van der Waals surface area contributed by atoms with Crippen molar-refractivity contribution in [2.24, 2.45) is 0 Å². The van der Waals surface area contributed by atoms with Gasteiger partial charge in [0.2, 0.25) is 0 Å². The molecule has 118 valence electrons. The maximum absolute atomic E-state index is 12.3. The second-order valence-electron chi connectivity index (χ2n) is 4.33. The molecular weight excluding hydrogens is 342 g/mol. The van der Waals surface area contributed by atoms with Crippen molar-refractivity contribution in [2.75, 3.05) is 34.5 Å². The number of rotatable bonds is 8. The first kappa shape index (κ1) is 17.7. The van der Waals surface area contributed by atoms with Crippen LogP contribution in [0.4, 0.5) is 0 Å². The van der Waals surface area contributed by atoms with Gasteiger partial charge in [0.05, 0.1) is 26.9 Å². The molecule has 0 fully saturated rings. The van der Waals surface area contributed by atoms with Crippen molar-refractivity contribution >= 4 is 21.8 Å². The summed E-state index contributed by atoms with van der Waals surface area (Å²) in [6, 6.07) is 2.98. The van der Waals surface area contributed by atoms with Crippen LogP contribution in [0.5, 0.6) is 11.5 Å². The van der Waals surface area contributed by atoms with E-state index in [-0.39, 0.29) is 18.6 Å². The summed E-state index contributed by atoms with van der Waals surface area (Å²) in [5.41, 5.74) is 0.408. The van der Waals surface area contributed by atoms with E-state index < -0.39 is 0 Å². The van der Waals surface area contributed by atoms with Crippen LogP contribution in [0.15, 0.2) is 16.6 Å². The smallest absolute Gasteiger partial charge is 0.251 e. The molecule has 1 amide bonds. The summed E-state index contributed by atoms with van der Waals surface area (Å²) >= 11 is 3.35. The lowest BCUT2D eigenvalue weighted by Gasteiger charge is -2.18. The zero-order chi connectivity index (χ0) is 15.8. The lowest BCUT2D eigenvalue weighted by Crippen LogP contribution is -2.38. The molecule has 0 aromatic heterocycles. The van der Waals surface area contributed by atoms with Crippen LogP contribution in [-0.4, -0.2) is 51.6 Å². The molecule has 1 rings (SSSR count). The third kappa shape index (κ3) is 4.87. The molecule has 21 heavy (non-hydrogen) atoms. The Labute approximate surface area is 132 Å². The van der Waals surface area contributed by atoms with E-state index in [9.17, 15) is 4.79 Å². The van der Waals surface area contributed by atoms with Crippen LogP contribution in [0.1, 0.15) is 16.8 Å². The number of amides is 1. The highest BCUT2D eigenvalue weighted by atomic mass is 79.9. The second kappa shape index (κ2) is 8.86. The standard InChI is InChI=1S/C14H20BrNO5/c1-19-8-10(4-5-17)16-14(18)9-6-11(20-2)13(15)12(7-9)21-3/h6-7,10,17H,4-5,8H2,1-3H3,(H,16,18). The Balaban J connectivity index is 2.95. The minimum absolute atomic E-state index is 0.0265. The molecule has 0 heterocycles. The van der Waals surface area contributed by atoms with Gasteiger partial charge in [-0.15, -0.1) is 0 Å². The molecule has 0 radical (unpaired) electrons. The first-order valence-corrected chi connectivity index (χ1v) is 7.18. The largest absolute Gasteiger partial charge is 0.495 e. The van der Waals surface area contributed by atoms with Crippen LogP contribution in [0, 0.1) is 0 Å². The normalized spacial score (nSPS) is 11.9. The number of hydrogen-bond acceptors (Lipinski definition) is 5. The Bertz CT molecular complexity index is 449. The molecule has 0 saturated carbocycles. The molecule has 2 N–H and O–H groups in total. The molecule has 1 aromatic carbocycles. The molecule has 1 aromatic rings. The minimum atomic E-state index is -0.283. The molecule has 7 heteroatoms. The van der Waals surface area contributed by atoms with Crippen molar-refractivity contribution in [2.45, 2.75) is 12.5 Å². The predicted molar refractivity (Wildman–Crippen MR) is 82.1 cm³/mol. The zero-order valence-corrected chi connectivity index (χ0v) is 13.9. The van der Waals surface area contributed by atoms with Crippen molar-refractivity contribution in [1.29, 1.82) is 0 Å². The monoisotopic (exact) mass is 361 g/mol. The number of nitrogens with one attached hydrogen (secondary N) is 1. The first-order valence-electron chi connectivity index (χ1n) is 6.39. The van der Waals surface area contributed by atoms with Gasteiger partial charge < -0.3 is 24.6 Å². The van der Waals surface area contributed by atoms with E-state index in [2.05, 4.69) is 21.2 Å². The quantitative estimate of drug-likeness (QED) is 0.735. The lowest BCUT2D eigenvalue weighted by molar-refractivity contribution is 0.0878. The number of hydrogen-bond donors (Lipinski definition) is 2. The van der Waals surface area contributed by atoms with E-state index in [1.807, 2.05) is 0 Å². The average Bonchev–Trinajstić information content (AvgIpc) is 2.47. The van der Waals surface area contributed by atoms with E-state index in [0.717, 1.165) is 0 Å². The average molecular weight is 362 g/mol. The zero-order valence-electron chi connectivity index (χ0n) is 12.3. The lowest BCUT2D eigenvalue weighted by atomic mass is 10.1. The fourth-order valence-corrected chi connectivity index (χ4v) is 2.38. The van der Waals surface area contributed by atoms with Gasteiger partial charge in [0.15, 0.2) is 0 Å². The van der Waals surface area contributed by atoms with Gasteiger partial charge in [0.1, 0.15) is 16.0 Å². The number of benzene rings is 1. The molecule has 0 saturated heterocycles. The van der Waals surface area contributed by atoms with Gasteiger partial charge in [-0.05, 0) is 34.5 Å². The molecule has 6 nitrogen and oxygen atoms in total. The summed E-state index contributed by atoms with van der Waals surface area (Å²) in [6.07, 6.45) is 0.421. The minimum Gasteiger partial charge on any atom is -0.495 e. The van der Waals surface area contributed by atoms with E-state index >= 15 is 0 Å². The topological polar surface area (TPSA) is 77.0 Å². The number of ether oxygens (including phenoxy) is 3. The summed E-state index contributed by atoms with van der Waals surface area (Å²) in [4.78, 5) is 12.3. The van der Waals surface area contributed by atoms with Crippen molar-refractivity contribution in [3.8, 4) is 11.5 Å². The van der Waals surface area contributed by atoms with E-state index in [1.54, 1.807) is 19.2 Å². The van der Waals surface area contributed by atoms with E-state index in [4.69, 9.17) is 19.3 Å². The van der Waals surface area contributed by atoms with Crippen molar-refractivity contribution in [3.63, 3.8) is 0 Å². The van der Waals surface area contributed by atoms with Crippen LogP contribution in [0.3, 0.4) is 0 Å². The van der Waals surface area contributed by atoms with Gasteiger partial charge in [0, 0.05) is 19.3 Å². The van der Waals surface area contributed by atoms with Gasteiger partial charge in [-0.25, -0.2) is 0 Å². The summed E-state index contributed by atoms with van der Waals surface area (Å²) in [7, 11) is 4.57. The summed E-state index contributed by atoms with van der Waals surface area (Å²) in [5.74, 6) is 0.726. The van der Waals surface area contributed by atoms with E-state index in [1.165, 1.54) is 14.2 Å². The predicted octanol–water partition coefficient (Wildman–Crippen LogP) is 1.59. The van der Waals surface area contributed by atoms with Crippen molar-refractivity contribution < 1.29 is 24.1 Å². The summed E-state index contributed by atoms with van der Waals surface area (Å²) in [5, 5.41) is 11.8. The molecule has 0 bridgehead atoms. The second-order valence-corrected chi connectivity index (χ2v) is 5.13. The highest BCUT2D eigenvalue weighted by Gasteiger charge is 2.17. The Morgan fingerprint density at radius 3 is 2.29 bits per heavy atom. The molecule has 1 atom stereocenters. The van der Waals surface area contributed by atoms with Crippen LogP contribution < -0.4 is 14.8 Å². The van der Waals surface area contributed by atoms with Crippen LogP contribution in [0.25, 0.3) is 0 Å². The number of carbonyl (C=O) groups excluding carboxylic acids is 1. The molecule has 0 aliphatic carbocycles. The summed E-state index contributed by atoms with van der Waals surface area (Å²) < 4.78 is 16.1. The highest BCUT2D eigenvalue weighted by molar-refractivity contribution is 9.10. The van der Waals surface area contributed by atoms with Crippen LogP contribution in [0.2, 0.25) is 0 Å². The van der Waals surface area contributed by atoms with Gasteiger partial charge in [-0.3, -0.25) is 4.79 Å². The third-order valence-corrected chi connectivity index (χ3v) is 3.67. The van der Waals surface area contributed by atoms with Gasteiger partial charge in [-0.1, -0.05) is 0 Å². The molecule has 0 spiro atoms. The van der Waals surface area contributed by atoms with Crippen molar-refractivity contribution in [3.05, 3.63) is 22.2 Å². The van der Waals surface area contributed by atoms with Gasteiger partial charge >= 0.3 is 0 Å². The highest BCUT2D eigenvalue weighted by Crippen LogP contribution is 2.35. The van der Waals surface area contributed by atoms with Crippen LogP contribution >= 0.6 is 15.9 Å². The Morgan fingerprint density at radius 2 is 1.86 bits per heavy atom. The molecule has 0 aliphatic heterocycles. The number of methoxy groups -OCH3 is 3. The molecule has 0 aliphatic rings. The number of aliphatic hydroxyl groups excluding tert-OH is 1. The van der Waals surface area contributed by atoms with Crippen LogP contribution in [-0.2, 0) is 4.74 Å². The number of halogens is 1. The van der Waals surface area contributed by atoms with Gasteiger partial charge in [0.25, 0.3) is 5.91 Å². The Morgan fingerprint density at radius 1 is 1.29 bits per heavy atom. The molecule has 1 unspecified atom stereocenters. The number of aliphatic hydroxyl groups is 1. The van der Waals surface area contributed by atoms with Crippen molar-refractivity contribution in [1.82, 2.24) is 5.32 Å². The first-order chi connectivity index (χ1) is 10.1. The fraction of sp³-hybridized carbons (Fsp3) is 0.500. The SMILES string of the molecule is COCC(CCO)NC(=O)c1cc(OC)c(Br)c(OC)c1.